The highest BCUT2D eigenvalue weighted by atomic mass is 16.3. The van der Waals surface area contributed by atoms with E-state index in [1.54, 1.807) is 0 Å². The molecule has 17 heavy (non-hydrogen) atoms. The molecule has 0 aromatic heterocycles. The predicted molar refractivity (Wildman–Crippen MR) is 72.3 cm³/mol. The summed E-state index contributed by atoms with van der Waals surface area (Å²) in [5.41, 5.74) is 3.55. The van der Waals surface area contributed by atoms with Crippen LogP contribution in [-0.4, -0.2) is 17.7 Å². The van der Waals surface area contributed by atoms with Crippen LogP contribution in [0, 0.1) is 12.8 Å². The number of hydrogen-bond acceptors (Lipinski definition) is 2. The van der Waals surface area contributed by atoms with Crippen molar-refractivity contribution in [1.29, 1.82) is 0 Å². The first-order valence-corrected chi connectivity index (χ1v) is 6.59. The normalized spacial score (nSPS) is 15.4. The summed E-state index contributed by atoms with van der Waals surface area (Å²) in [6.07, 6.45) is 2.65. The topological polar surface area (TPSA) is 23.5 Å². The Labute approximate surface area is 104 Å². The van der Waals surface area contributed by atoms with Gasteiger partial charge in [0.15, 0.2) is 0 Å². The molecule has 2 rings (SSSR count). The van der Waals surface area contributed by atoms with Crippen molar-refractivity contribution in [2.75, 3.05) is 11.4 Å². The van der Waals surface area contributed by atoms with Crippen molar-refractivity contribution >= 4 is 5.69 Å². The first kappa shape index (κ1) is 12.4. The molecule has 0 spiro atoms. The van der Waals surface area contributed by atoms with Crippen molar-refractivity contribution in [2.45, 2.75) is 46.3 Å². The second-order valence-corrected chi connectivity index (χ2v) is 5.55. The molecule has 2 heteroatoms. The fraction of sp³-hybridized carbons (Fsp3) is 0.600. The molecular weight excluding hydrogens is 210 g/mol. The lowest BCUT2D eigenvalue weighted by atomic mass is 10.1. The van der Waals surface area contributed by atoms with E-state index in [0.717, 1.165) is 18.2 Å². The first-order valence-electron chi connectivity index (χ1n) is 6.59. The molecule has 1 aliphatic rings. The Bertz CT molecular complexity index is 383. The Morgan fingerprint density at radius 1 is 1.35 bits per heavy atom. The van der Waals surface area contributed by atoms with Crippen LogP contribution < -0.4 is 4.90 Å². The van der Waals surface area contributed by atoms with Gasteiger partial charge in [-0.15, -0.1) is 0 Å². The van der Waals surface area contributed by atoms with Crippen LogP contribution in [0.15, 0.2) is 18.2 Å². The van der Waals surface area contributed by atoms with Crippen molar-refractivity contribution in [2.24, 2.45) is 5.92 Å². The number of rotatable bonds is 5. The molecule has 1 saturated carbocycles. The minimum Gasteiger partial charge on any atom is -0.392 e. The Morgan fingerprint density at radius 2 is 2.06 bits per heavy atom. The van der Waals surface area contributed by atoms with Gasteiger partial charge in [0.05, 0.1) is 6.61 Å². The first-order chi connectivity index (χ1) is 8.11. The molecule has 0 unspecified atom stereocenters. The van der Waals surface area contributed by atoms with E-state index in [4.69, 9.17) is 0 Å². The Balaban J connectivity index is 2.20. The van der Waals surface area contributed by atoms with Crippen LogP contribution in [0.2, 0.25) is 0 Å². The van der Waals surface area contributed by atoms with Crippen LogP contribution in [0.3, 0.4) is 0 Å². The van der Waals surface area contributed by atoms with Crippen molar-refractivity contribution in [3.8, 4) is 0 Å². The number of aliphatic hydroxyl groups is 1. The maximum atomic E-state index is 9.20. The van der Waals surface area contributed by atoms with Crippen molar-refractivity contribution in [3.05, 3.63) is 29.3 Å². The third-order valence-electron chi connectivity index (χ3n) is 3.38. The minimum atomic E-state index is 0.139. The lowest BCUT2D eigenvalue weighted by molar-refractivity contribution is 0.281. The average Bonchev–Trinajstić information content (AvgIpc) is 3.09. The number of anilines is 1. The molecule has 0 amide bonds. The highest BCUT2D eigenvalue weighted by molar-refractivity contribution is 5.52. The summed E-state index contributed by atoms with van der Waals surface area (Å²) in [6.45, 7) is 7.88. The molecule has 0 bridgehead atoms. The van der Waals surface area contributed by atoms with Crippen LogP contribution in [0.1, 0.15) is 37.8 Å². The number of aliphatic hydroxyl groups excluding tert-OH is 1. The third kappa shape index (κ3) is 3.01. The maximum absolute atomic E-state index is 9.20. The molecule has 0 atom stereocenters. The number of nitrogens with zero attached hydrogens (tertiary/aromatic N) is 1. The van der Waals surface area contributed by atoms with Gasteiger partial charge in [0.25, 0.3) is 0 Å². The molecule has 0 saturated heterocycles. The molecule has 1 aromatic rings. The molecule has 94 valence electrons. The summed E-state index contributed by atoms with van der Waals surface area (Å²) in [4.78, 5) is 2.53. The fourth-order valence-electron chi connectivity index (χ4n) is 2.28. The third-order valence-corrected chi connectivity index (χ3v) is 3.38. The van der Waals surface area contributed by atoms with E-state index in [0.29, 0.717) is 5.92 Å². The lowest BCUT2D eigenvalue weighted by Gasteiger charge is -2.27. The van der Waals surface area contributed by atoms with Crippen LogP contribution in [-0.2, 0) is 6.61 Å². The van der Waals surface area contributed by atoms with Gasteiger partial charge in [0.2, 0.25) is 0 Å². The van der Waals surface area contributed by atoms with Gasteiger partial charge in [-0.3, -0.25) is 0 Å². The zero-order valence-electron chi connectivity index (χ0n) is 11.1. The van der Waals surface area contributed by atoms with E-state index < -0.39 is 0 Å². The minimum absolute atomic E-state index is 0.139. The molecule has 1 N–H and O–H groups in total. The zero-order valence-corrected chi connectivity index (χ0v) is 11.1. The average molecular weight is 233 g/mol. The second kappa shape index (κ2) is 5.09. The molecule has 0 aliphatic heterocycles. The summed E-state index contributed by atoms with van der Waals surface area (Å²) >= 11 is 0. The fourth-order valence-corrected chi connectivity index (χ4v) is 2.28. The van der Waals surface area contributed by atoms with E-state index in [-0.39, 0.29) is 6.61 Å². The van der Waals surface area contributed by atoms with Crippen molar-refractivity contribution < 1.29 is 5.11 Å². The largest absolute Gasteiger partial charge is 0.392 e. The van der Waals surface area contributed by atoms with Crippen LogP contribution >= 0.6 is 0 Å². The Morgan fingerprint density at radius 3 is 2.53 bits per heavy atom. The maximum Gasteiger partial charge on any atom is 0.0684 e. The van der Waals surface area contributed by atoms with Gasteiger partial charge in [0.1, 0.15) is 0 Å². The van der Waals surface area contributed by atoms with Gasteiger partial charge in [-0.2, -0.15) is 0 Å². The van der Waals surface area contributed by atoms with Gasteiger partial charge >= 0.3 is 0 Å². The Kier molecular flexibility index (Phi) is 3.72. The second-order valence-electron chi connectivity index (χ2n) is 5.55. The Hall–Kier alpha value is -1.02. The zero-order chi connectivity index (χ0) is 12.4. The summed E-state index contributed by atoms with van der Waals surface area (Å²) in [7, 11) is 0. The SMILES string of the molecule is Cc1cc(N(CC(C)C)C2CC2)ccc1CO. The highest BCUT2D eigenvalue weighted by Crippen LogP contribution is 2.33. The lowest BCUT2D eigenvalue weighted by Crippen LogP contribution is -2.29. The van der Waals surface area contributed by atoms with Crippen LogP contribution in [0.4, 0.5) is 5.69 Å². The molecule has 0 radical (unpaired) electrons. The molecule has 1 fully saturated rings. The molecule has 0 heterocycles. The standard InChI is InChI=1S/C15H23NO/c1-11(2)9-16(14-6-7-14)15-5-4-13(10-17)12(3)8-15/h4-5,8,11,14,17H,6-7,9-10H2,1-3H3. The summed E-state index contributed by atoms with van der Waals surface area (Å²) in [5.74, 6) is 0.688. The number of benzene rings is 1. The quantitative estimate of drug-likeness (QED) is 0.844. The highest BCUT2D eigenvalue weighted by Gasteiger charge is 2.29. The van der Waals surface area contributed by atoms with Gasteiger partial charge < -0.3 is 10.0 Å². The molecule has 2 nitrogen and oxygen atoms in total. The van der Waals surface area contributed by atoms with E-state index >= 15 is 0 Å². The van der Waals surface area contributed by atoms with E-state index in [2.05, 4.69) is 43.9 Å². The van der Waals surface area contributed by atoms with E-state index in [9.17, 15) is 5.11 Å². The van der Waals surface area contributed by atoms with Gasteiger partial charge in [0, 0.05) is 18.3 Å². The summed E-state index contributed by atoms with van der Waals surface area (Å²) < 4.78 is 0. The van der Waals surface area contributed by atoms with Gasteiger partial charge in [-0.1, -0.05) is 19.9 Å². The monoisotopic (exact) mass is 233 g/mol. The van der Waals surface area contributed by atoms with E-state index in [1.165, 1.54) is 24.1 Å². The predicted octanol–water partition coefficient (Wildman–Crippen LogP) is 3.11. The molecular formula is C15H23NO. The summed E-state index contributed by atoms with van der Waals surface area (Å²) in [6, 6.07) is 7.17. The molecule has 1 aromatic carbocycles. The number of hydrogen-bond donors (Lipinski definition) is 1. The number of aryl methyl sites for hydroxylation is 1. The van der Waals surface area contributed by atoms with Crippen LogP contribution in [0.5, 0.6) is 0 Å². The van der Waals surface area contributed by atoms with Crippen molar-refractivity contribution in [1.82, 2.24) is 0 Å². The van der Waals surface area contributed by atoms with E-state index in [1.807, 2.05) is 0 Å². The summed E-state index contributed by atoms with van der Waals surface area (Å²) in [5, 5.41) is 9.20. The molecule has 1 aliphatic carbocycles. The van der Waals surface area contributed by atoms with Crippen LogP contribution in [0.25, 0.3) is 0 Å². The van der Waals surface area contributed by atoms with Crippen molar-refractivity contribution in [3.63, 3.8) is 0 Å². The smallest absolute Gasteiger partial charge is 0.0684 e. The van der Waals surface area contributed by atoms with Gasteiger partial charge in [-0.25, -0.2) is 0 Å². The van der Waals surface area contributed by atoms with Gasteiger partial charge in [-0.05, 0) is 48.9 Å².